The molecule has 152 valence electrons. The number of hydrogen-bond donors (Lipinski definition) is 1. The Morgan fingerprint density at radius 3 is 2.62 bits per heavy atom. The molecule has 2 aromatic carbocycles. The lowest BCUT2D eigenvalue weighted by Gasteiger charge is -2.34. The van der Waals surface area contributed by atoms with Crippen LogP contribution in [-0.2, 0) is 13.1 Å². The fraction of sp³-hybridized carbons (Fsp3) is 0.391. The summed E-state index contributed by atoms with van der Waals surface area (Å²) in [5, 5.41) is 3.07. The Morgan fingerprint density at radius 1 is 1.03 bits per heavy atom. The smallest absolute Gasteiger partial charge is 0.317 e. The normalized spacial score (nSPS) is 15.0. The SMILES string of the molecule is Cc1cccc(CN2CCN(C(=O)NCCn3c(C)nc4ccccc43)CC2)c1. The van der Waals surface area contributed by atoms with Crippen LogP contribution in [0.15, 0.2) is 48.5 Å². The fourth-order valence-electron chi connectivity index (χ4n) is 4.04. The molecule has 29 heavy (non-hydrogen) atoms. The van der Waals surface area contributed by atoms with E-state index in [0.717, 1.165) is 56.1 Å². The molecule has 2 heterocycles. The molecule has 0 spiro atoms. The van der Waals surface area contributed by atoms with Gasteiger partial charge in [-0.05, 0) is 31.5 Å². The summed E-state index contributed by atoms with van der Waals surface area (Å²) >= 11 is 0. The number of aryl methyl sites for hydroxylation is 2. The van der Waals surface area contributed by atoms with Crippen molar-refractivity contribution in [2.75, 3.05) is 32.7 Å². The van der Waals surface area contributed by atoms with Crippen molar-refractivity contribution in [2.45, 2.75) is 26.9 Å². The van der Waals surface area contributed by atoms with Gasteiger partial charge in [-0.15, -0.1) is 0 Å². The number of carbonyl (C=O) groups excluding carboxylic acids is 1. The predicted octanol–water partition coefficient (Wildman–Crippen LogP) is 3.18. The van der Waals surface area contributed by atoms with E-state index in [4.69, 9.17) is 0 Å². The molecule has 1 fully saturated rings. The van der Waals surface area contributed by atoms with Gasteiger partial charge in [-0.1, -0.05) is 42.0 Å². The number of aromatic nitrogens is 2. The van der Waals surface area contributed by atoms with Gasteiger partial charge in [-0.2, -0.15) is 0 Å². The first-order chi connectivity index (χ1) is 14.1. The summed E-state index contributed by atoms with van der Waals surface area (Å²) in [7, 11) is 0. The summed E-state index contributed by atoms with van der Waals surface area (Å²) in [4.78, 5) is 21.5. The molecular weight excluding hydrogens is 362 g/mol. The number of nitrogens with one attached hydrogen (secondary N) is 1. The molecule has 1 N–H and O–H groups in total. The Labute approximate surface area is 172 Å². The molecule has 6 nitrogen and oxygen atoms in total. The number of rotatable bonds is 5. The van der Waals surface area contributed by atoms with Gasteiger partial charge in [0.15, 0.2) is 0 Å². The van der Waals surface area contributed by atoms with Crippen LogP contribution in [0.25, 0.3) is 11.0 Å². The lowest BCUT2D eigenvalue weighted by atomic mass is 10.1. The standard InChI is InChI=1S/C23H29N5O/c1-18-6-5-7-20(16-18)17-26-12-14-27(15-13-26)23(29)24-10-11-28-19(2)25-21-8-3-4-9-22(21)28/h3-9,16H,10-15,17H2,1-2H3,(H,24,29). The number of benzene rings is 2. The van der Waals surface area contributed by atoms with Gasteiger partial charge in [-0.25, -0.2) is 9.78 Å². The molecule has 0 saturated carbocycles. The van der Waals surface area contributed by atoms with Crippen molar-refractivity contribution in [3.05, 3.63) is 65.5 Å². The summed E-state index contributed by atoms with van der Waals surface area (Å²) in [5.41, 5.74) is 4.75. The van der Waals surface area contributed by atoms with Crippen molar-refractivity contribution in [3.63, 3.8) is 0 Å². The summed E-state index contributed by atoms with van der Waals surface area (Å²) < 4.78 is 2.16. The number of carbonyl (C=O) groups is 1. The molecule has 0 radical (unpaired) electrons. The number of urea groups is 1. The monoisotopic (exact) mass is 391 g/mol. The summed E-state index contributed by atoms with van der Waals surface area (Å²) in [6, 6.07) is 16.8. The predicted molar refractivity (Wildman–Crippen MR) is 116 cm³/mol. The van der Waals surface area contributed by atoms with Crippen LogP contribution in [-0.4, -0.2) is 58.1 Å². The van der Waals surface area contributed by atoms with E-state index in [-0.39, 0.29) is 6.03 Å². The van der Waals surface area contributed by atoms with E-state index in [1.54, 1.807) is 0 Å². The van der Waals surface area contributed by atoms with Crippen molar-refractivity contribution in [3.8, 4) is 0 Å². The lowest BCUT2D eigenvalue weighted by Crippen LogP contribution is -2.51. The number of fused-ring (bicyclic) bond motifs is 1. The zero-order valence-corrected chi connectivity index (χ0v) is 17.3. The molecule has 2 amide bonds. The van der Waals surface area contributed by atoms with E-state index in [2.05, 4.69) is 57.0 Å². The zero-order chi connectivity index (χ0) is 20.2. The minimum atomic E-state index is 0.0299. The van der Waals surface area contributed by atoms with Crippen LogP contribution >= 0.6 is 0 Å². The van der Waals surface area contributed by atoms with Gasteiger partial charge in [0.25, 0.3) is 0 Å². The second-order valence-corrected chi connectivity index (χ2v) is 7.78. The summed E-state index contributed by atoms with van der Waals surface area (Å²) in [6.07, 6.45) is 0. The first kappa shape index (κ1) is 19.5. The third-order valence-electron chi connectivity index (χ3n) is 5.61. The second-order valence-electron chi connectivity index (χ2n) is 7.78. The van der Waals surface area contributed by atoms with Crippen LogP contribution in [0, 0.1) is 13.8 Å². The van der Waals surface area contributed by atoms with Crippen LogP contribution < -0.4 is 5.32 Å². The first-order valence-electron chi connectivity index (χ1n) is 10.3. The number of para-hydroxylation sites is 2. The zero-order valence-electron chi connectivity index (χ0n) is 17.3. The molecule has 1 aromatic heterocycles. The van der Waals surface area contributed by atoms with Gasteiger partial charge in [0.1, 0.15) is 5.82 Å². The molecule has 0 unspecified atom stereocenters. The molecular formula is C23H29N5O. The van der Waals surface area contributed by atoms with E-state index >= 15 is 0 Å². The van der Waals surface area contributed by atoms with Crippen molar-refractivity contribution >= 4 is 17.1 Å². The average Bonchev–Trinajstić information content (AvgIpc) is 3.04. The van der Waals surface area contributed by atoms with E-state index in [1.807, 2.05) is 30.0 Å². The maximum atomic E-state index is 12.6. The van der Waals surface area contributed by atoms with Crippen LogP contribution in [0.1, 0.15) is 17.0 Å². The summed E-state index contributed by atoms with van der Waals surface area (Å²) in [6.45, 7) is 9.77. The molecule has 4 rings (SSSR count). The Bertz CT molecular complexity index is 988. The molecule has 0 bridgehead atoms. The highest BCUT2D eigenvalue weighted by atomic mass is 16.2. The average molecular weight is 392 g/mol. The number of amides is 2. The maximum Gasteiger partial charge on any atom is 0.317 e. The van der Waals surface area contributed by atoms with E-state index in [9.17, 15) is 4.79 Å². The van der Waals surface area contributed by atoms with Gasteiger partial charge in [0.05, 0.1) is 11.0 Å². The van der Waals surface area contributed by atoms with Crippen LogP contribution in [0.3, 0.4) is 0 Å². The molecule has 0 atom stereocenters. The van der Waals surface area contributed by atoms with Crippen LogP contribution in [0.4, 0.5) is 4.79 Å². The van der Waals surface area contributed by atoms with Gasteiger partial charge in [0.2, 0.25) is 0 Å². The molecule has 6 heteroatoms. The van der Waals surface area contributed by atoms with Gasteiger partial charge in [0, 0.05) is 45.8 Å². The van der Waals surface area contributed by atoms with Crippen molar-refractivity contribution in [2.24, 2.45) is 0 Å². The van der Waals surface area contributed by atoms with Gasteiger partial charge >= 0.3 is 6.03 Å². The van der Waals surface area contributed by atoms with Crippen molar-refractivity contribution in [1.29, 1.82) is 0 Å². The third kappa shape index (κ3) is 4.59. The Balaban J connectivity index is 1.24. The fourth-order valence-corrected chi connectivity index (χ4v) is 4.04. The van der Waals surface area contributed by atoms with Crippen molar-refractivity contribution < 1.29 is 4.79 Å². The molecule has 1 aliphatic rings. The summed E-state index contributed by atoms with van der Waals surface area (Å²) in [5.74, 6) is 0.977. The maximum absolute atomic E-state index is 12.6. The quantitative estimate of drug-likeness (QED) is 0.727. The number of imidazole rings is 1. The second kappa shape index (κ2) is 8.66. The molecule has 1 saturated heterocycles. The Morgan fingerprint density at radius 2 is 1.83 bits per heavy atom. The first-order valence-corrected chi connectivity index (χ1v) is 10.3. The Kier molecular flexibility index (Phi) is 5.81. The highest BCUT2D eigenvalue weighted by molar-refractivity contribution is 5.76. The van der Waals surface area contributed by atoms with Gasteiger partial charge in [-0.3, -0.25) is 4.90 Å². The highest BCUT2D eigenvalue weighted by Crippen LogP contribution is 2.15. The largest absolute Gasteiger partial charge is 0.336 e. The van der Waals surface area contributed by atoms with E-state index < -0.39 is 0 Å². The minimum Gasteiger partial charge on any atom is -0.336 e. The number of hydrogen-bond acceptors (Lipinski definition) is 3. The Hall–Kier alpha value is -2.86. The minimum absolute atomic E-state index is 0.0299. The van der Waals surface area contributed by atoms with E-state index in [0.29, 0.717) is 6.54 Å². The molecule has 0 aliphatic carbocycles. The van der Waals surface area contributed by atoms with Gasteiger partial charge < -0.3 is 14.8 Å². The van der Waals surface area contributed by atoms with E-state index in [1.165, 1.54) is 11.1 Å². The number of piperazine rings is 1. The van der Waals surface area contributed by atoms with Crippen LogP contribution in [0.2, 0.25) is 0 Å². The number of nitrogens with zero attached hydrogens (tertiary/aromatic N) is 4. The van der Waals surface area contributed by atoms with Crippen LogP contribution in [0.5, 0.6) is 0 Å². The lowest BCUT2D eigenvalue weighted by molar-refractivity contribution is 0.135. The third-order valence-corrected chi connectivity index (χ3v) is 5.61. The topological polar surface area (TPSA) is 53.4 Å². The highest BCUT2D eigenvalue weighted by Gasteiger charge is 2.21. The molecule has 3 aromatic rings. The molecule has 1 aliphatic heterocycles. The van der Waals surface area contributed by atoms with Crippen molar-refractivity contribution in [1.82, 2.24) is 24.7 Å².